The van der Waals surface area contributed by atoms with E-state index >= 15 is 0 Å². The SMILES string of the molecule is C=C(CCC)[PH](=O)O. The van der Waals surface area contributed by atoms with Gasteiger partial charge in [0.15, 0.2) is 0 Å². The van der Waals surface area contributed by atoms with E-state index in [1.54, 1.807) is 0 Å². The summed E-state index contributed by atoms with van der Waals surface area (Å²) in [4.78, 5) is 8.40. The third kappa shape index (κ3) is 3.00. The van der Waals surface area contributed by atoms with Crippen LogP contribution in [0.3, 0.4) is 0 Å². The van der Waals surface area contributed by atoms with Crippen LogP contribution in [0, 0.1) is 0 Å². The third-order valence-electron chi connectivity index (χ3n) is 0.854. The lowest BCUT2D eigenvalue weighted by atomic mass is 10.3. The molecular weight excluding hydrogens is 123 g/mol. The van der Waals surface area contributed by atoms with Gasteiger partial charge in [0.2, 0.25) is 8.03 Å². The summed E-state index contributed by atoms with van der Waals surface area (Å²) in [6, 6.07) is 0. The summed E-state index contributed by atoms with van der Waals surface area (Å²) in [6.45, 7) is 5.38. The largest absolute Gasteiger partial charge is 0.343 e. The fourth-order valence-electron chi connectivity index (χ4n) is 0.409. The second-order valence-electron chi connectivity index (χ2n) is 1.66. The molecule has 0 saturated heterocycles. The Kier molecular flexibility index (Phi) is 3.84. The molecule has 1 atom stereocenters. The van der Waals surface area contributed by atoms with Crippen LogP contribution in [0.15, 0.2) is 11.9 Å². The molecule has 0 saturated carbocycles. The molecule has 0 aromatic rings. The maximum absolute atomic E-state index is 10.2. The minimum absolute atomic E-state index is 0.484. The smallest absolute Gasteiger partial charge is 0.213 e. The first-order valence-corrected chi connectivity index (χ1v) is 3.95. The Bertz CT molecular complexity index is 109. The molecule has 2 nitrogen and oxygen atoms in total. The van der Waals surface area contributed by atoms with Crippen LogP contribution >= 0.6 is 8.03 Å². The van der Waals surface area contributed by atoms with E-state index in [9.17, 15) is 4.57 Å². The summed E-state index contributed by atoms with van der Waals surface area (Å²) in [5.74, 6) is 0. The van der Waals surface area contributed by atoms with Crippen LogP contribution in [0.25, 0.3) is 0 Å². The second-order valence-corrected chi connectivity index (χ2v) is 2.98. The standard InChI is InChI=1S/C5H11O2P/c1-3-4-5(2)8(6)7/h8H,2-4H2,1H3,(H,6,7). The molecule has 48 valence electrons. The van der Waals surface area contributed by atoms with Crippen LogP contribution in [0.1, 0.15) is 19.8 Å². The third-order valence-corrected chi connectivity index (χ3v) is 1.71. The Morgan fingerprint density at radius 3 is 2.50 bits per heavy atom. The van der Waals surface area contributed by atoms with Gasteiger partial charge in [-0.25, -0.2) is 0 Å². The van der Waals surface area contributed by atoms with Gasteiger partial charge in [-0.1, -0.05) is 19.9 Å². The van der Waals surface area contributed by atoms with Gasteiger partial charge >= 0.3 is 0 Å². The molecule has 0 amide bonds. The van der Waals surface area contributed by atoms with Crippen molar-refractivity contribution in [3.8, 4) is 0 Å². The Hall–Kier alpha value is -0.0700. The monoisotopic (exact) mass is 134 g/mol. The second kappa shape index (κ2) is 3.88. The number of hydrogen-bond acceptors (Lipinski definition) is 1. The molecule has 8 heavy (non-hydrogen) atoms. The molecule has 0 aromatic carbocycles. The quantitative estimate of drug-likeness (QED) is 0.597. The maximum atomic E-state index is 10.2. The Morgan fingerprint density at radius 1 is 1.88 bits per heavy atom. The van der Waals surface area contributed by atoms with Crippen LogP contribution < -0.4 is 0 Å². The van der Waals surface area contributed by atoms with Crippen molar-refractivity contribution < 1.29 is 9.46 Å². The highest BCUT2D eigenvalue weighted by atomic mass is 31.1. The molecule has 0 aromatic heterocycles. The summed E-state index contributed by atoms with van der Waals surface area (Å²) < 4.78 is 10.2. The average molecular weight is 134 g/mol. The van der Waals surface area contributed by atoms with E-state index < -0.39 is 8.03 Å². The molecule has 0 rings (SSSR count). The van der Waals surface area contributed by atoms with Gasteiger partial charge in [0.1, 0.15) is 0 Å². The Labute approximate surface area is 50.1 Å². The summed E-state index contributed by atoms with van der Waals surface area (Å²) in [5.41, 5.74) is 0. The van der Waals surface area contributed by atoms with Crippen molar-refractivity contribution in [1.29, 1.82) is 0 Å². The van der Waals surface area contributed by atoms with Gasteiger partial charge in [-0.2, -0.15) is 0 Å². The minimum atomic E-state index is -2.42. The first-order valence-electron chi connectivity index (χ1n) is 2.59. The zero-order chi connectivity index (χ0) is 6.57. The molecule has 1 unspecified atom stereocenters. The lowest BCUT2D eigenvalue weighted by Crippen LogP contribution is -1.70. The highest BCUT2D eigenvalue weighted by molar-refractivity contribution is 7.43. The van der Waals surface area contributed by atoms with Gasteiger partial charge in [0.05, 0.1) is 0 Å². The van der Waals surface area contributed by atoms with Gasteiger partial charge in [-0.05, 0) is 6.42 Å². The van der Waals surface area contributed by atoms with Gasteiger partial charge in [0, 0.05) is 5.31 Å². The van der Waals surface area contributed by atoms with Crippen LogP contribution in [0.5, 0.6) is 0 Å². The Morgan fingerprint density at radius 2 is 2.38 bits per heavy atom. The van der Waals surface area contributed by atoms with Gasteiger partial charge < -0.3 is 4.89 Å². The van der Waals surface area contributed by atoms with Gasteiger partial charge in [-0.3, -0.25) is 4.57 Å². The van der Waals surface area contributed by atoms with E-state index in [1.165, 1.54) is 0 Å². The van der Waals surface area contributed by atoms with Crippen molar-refractivity contribution in [3.05, 3.63) is 11.9 Å². The van der Waals surface area contributed by atoms with E-state index in [2.05, 4.69) is 6.58 Å². The van der Waals surface area contributed by atoms with Crippen molar-refractivity contribution in [3.63, 3.8) is 0 Å². The highest BCUT2D eigenvalue weighted by Gasteiger charge is 1.95. The van der Waals surface area contributed by atoms with E-state index in [1.807, 2.05) is 6.92 Å². The van der Waals surface area contributed by atoms with E-state index in [4.69, 9.17) is 4.89 Å². The van der Waals surface area contributed by atoms with E-state index in [-0.39, 0.29) is 0 Å². The lowest BCUT2D eigenvalue weighted by molar-refractivity contribution is 0.508. The van der Waals surface area contributed by atoms with Crippen molar-refractivity contribution >= 4 is 8.03 Å². The molecule has 0 spiro atoms. The molecule has 0 heterocycles. The molecule has 1 N–H and O–H groups in total. The fourth-order valence-corrected chi connectivity index (χ4v) is 0.873. The van der Waals surface area contributed by atoms with Crippen molar-refractivity contribution in [2.24, 2.45) is 0 Å². The summed E-state index contributed by atoms with van der Waals surface area (Å²) in [7, 11) is -2.42. The van der Waals surface area contributed by atoms with Crippen LogP contribution in [-0.4, -0.2) is 4.89 Å². The normalized spacial score (nSPS) is 13.2. The molecule has 3 heteroatoms. The minimum Gasteiger partial charge on any atom is -0.343 e. The molecule has 0 aliphatic carbocycles. The van der Waals surface area contributed by atoms with E-state index in [0.29, 0.717) is 11.7 Å². The molecular formula is C5H11O2P. The Balaban J connectivity index is 3.49. The van der Waals surface area contributed by atoms with Gasteiger partial charge in [-0.15, -0.1) is 0 Å². The molecule has 0 aliphatic heterocycles. The predicted molar refractivity (Wildman–Crippen MR) is 35.3 cm³/mol. The first kappa shape index (κ1) is 7.93. The topological polar surface area (TPSA) is 37.3 Å². The molecule has 0 radical (unpaired) electrons. The zero-order valence-electron chi connectivity index (χ0n) is 4.98. The van der Waals surface area contributed by atoms with Crippen molar-refractivity contribution in [2.45, 2.75) is 19.8 Å². The summed E-state index contributed by atoms with van der Waals surface area (Å²) in [6.07, 6.45) is 1.57. The zero-order valence-corrected chi connectivity index (χ0v) is 5.98. The molecule has 0 bridgehead atoms. The fraction of sp³-hybridized carbons (Fsp3) is 0.600. The van der Waals surface area contributed by atoms with Crippen molar-refractivity contribution in [1.82, 2.24) is 0 Å². The number of hydrogen-bond donors (Lipinski definition) is 1. The van der Waals surface area contributed by atoms with Crippen LogP contribution in [0.2, 0.25) is 0 Å². The highest BCUT2D eigenvalue weighted by Crippen LogP contribution is 2.28. The van der Waals surface area contributed by atoms with E-state index in [0.717, 1.165) is 6.42 Å². The number of rotatable bonds is 3. The van der Waals surface area contributed by atoms with Gasteiger partial charge in [0.25, 0.3) is 0 Å². The van der Waals surface area contributed by atoms with Crippen molar-refractivity contribution in [2.75, 3.05) is 0 Å². The molecule has 0 fully saturated rings. The molecule has 0 aliphatic rings. The lowest BCUT2D eigenvalue weighted by Gasteiger charge is -1.94. The first-order chi connectivity index (χ1) is 3.68. The van der Waals surface area contributed by atoms with Crippen LogP contribution in [-0.2, 0) is 4.57 Å². The number of allylic oxidation sites excluding steroid dienone is 1. The summed E-state index contributed by atoms with van der Waals surface area (Å²) >= 11 is 0. The van der Waals surface area contributed by atoms with Crippen LogP contribution in [0.4, 0.5) is 0 Å². The average Bonchev–Trinajstić information content (AvgIpc) is 1.67. The predicted octanol–water partition coefficient (Wildman–Crippen LogP) is 1.77. The summed E-state index contributed by atoms with van der Waals surface area (Å²) in [5, 5.41) is 0.484. The maximum Gasteiger partial charge on any atom is 0.213 e.